The second-order valence-corrected chi connectivity index (χ2v) is 9.49. The van der Waals surface area contributed by atoms with E-state index in [0.29, 0.717) is 61.2 Å². The molecule has 2 aliphatic heterocycles. The Morgan fingerprint density at radius 1 is 1.14 bits per heavy atom. The number of piperidine rings is 1. The molecule has 0 aliphatic carbocycles. The smallest absolute Gasteiger partial charge is 0.258 e. The van der Waals surface area contributed by atoms with Gasteiger partial charge >= 0.3 is 0 Å². The van der Waals surface area contributed by atoms with E-state index in [-0.39, 0.29) is 17.4 Å². The number of alkyl halides is 1. The number of aromatic nitrogens is 5. The Morgan fingerprint density at radius 3 is 2.84 bits per heavy atom. The lowest BCUT2D eigenvalue weighted by Crippen LogP contribution is -2.41. The van der Waals surface area contributed by atoms with Crippen molar-refractivity contribution in [3.05, 3.63) is 77.7 Å². The molecule has 0 spiro atoms. The molecule has 0 radical (unpaired) electrons. The maximum Gasteiger partial charge on any atom is 0.258 e. The molecule has 0 saturated carbocycles. The summed E-state index contributed by atoms with van der Waals surface area (Å²) in [7, 11) is 0. The predicted molar refractivity (Wildman–Crippen MR) is 131 cm³/mol. The molecule has 11 heteroatoms. The van der Waals surface area contributed by atoms with Gasteiger partial charge in [0.15, 0.2) is 17.4 Å². The average molecular weight is 504 g/mol. The van der Waals surface area contributed by atoms with Crippen LogP contribution in [0.3, 0.4) is 0 Å². The number of pyridine rings is 1. The summed E-state index contributed by atoms with van der Waals surface area (Å²) in [4.78, 5) is 29.8. The number of oxazole rings is 1. The number of carbonyl (C=O) groups is 1. The quantitative estimate of drug-likeness (QED) is 0.399. The molecule has 1 aromatic carbocycles. The third-order valence-corrected chi connectivity index (χ3v) is 7.32. The molecule has 9 nitrogen and oxygen atoms in total. The molecule has 1 atom stereocenters. The zero-order chi connectivity index (χ0) is 25.1. The third kappa shape index (κ3) is 3.56. The monoisotopic (exact) mass is 503 g/mol. The maximum atomic E-state index is 14.4. The lowest BCUT2D eigenvalue weighted by atomic mass is 10.0. The summed E-state index contributed by atoms with van der Waals surface area (Å²) in [5.74, 6) is -0.555. The van der Waals surface area contributed by atoms with E-state index < -0.39 is 18.0 Å². The van der Waals surface area contributed by atoms with Crippen molar-refractivity contribution in [2.24, 2.45) is 0 Å². The summed E-state index contributed by atoms with van der Waals surface area (Å²) in [6.45, 7) is 1.69. The summed E-state index contributed by atoms with van der Waals surface area (Å²) >= 11 is 0. The summed E-state index contributed by atoms with van der Waals surface area (Å²) in [6.07, 6.45) is 5.85. The predicted octanol–water partition coefficient (Wildman–Crippen LogP) is 4.06. The molecule has 6 heterocycles. The summed E-state index contributed by atoms with van der Waals surface area (Å²) in [6, 6.07) is 7.64. The Kier molecular flexibility index (Phi) is 4.98. The van der Waals surface area contributed by atoms with Gasteiger partial charge in [0.1, 0.15) is 11.7 Å². The number of para-hydroxylation sites is 1. The molecule has 2 aliphatic rings. The zero-order valence-corrected chi connectivity index (χ0v) is 19.8. The largest absolute Gasteiger partial charge is 0.435 e. The van der Waals surface area contributed by atoms with Crippen molar-refractivity contribution < 1.29 is 18.0 Å². The number of fused-ring (bicyclic) bond motifs is 3. The molecule has 188 valence electrons. The number of rotatable bonds is 3. The third-order valence-electron chi connectivity index (χ3n) is 7.32. The standard InChI is InChI=1S/C26H23F2N7O2/c27-15-6-9-33(10-7-15)16-4-5-21-17(12-31-35(21)13-16)26(36)34-11-8-19-22(30-14-29-19)23(34)25-32-20-3-1-2-18(28)24(20)37-25/h1-5,12-15,23H,6-11H2,(H,29,30)/t23-/m0/s1. The molecule has 1 amide bonds. The normalized spacial score (nSPS) is 18.6. The number of anilines is 1. The first-order chi connectivity index (χ1) is 18.1. The van der Waals surface area contributed by atoms with E-state index in [9.17, 15) is 13.6 Å². The van der Waals surface area contributed by atoms with Gasteiger partial charge in [-0.2, -0.15) is 5.10 Å². The van der Waals surface area contributed by atoms with Crippen molar-refractivity contribution in [3.8, 4) is 0 Å². The molecule has 7 rings (SSSR count). The van der Waals surface area contributed by atoms with Gasteiger partial charge in [-0.25, -0.2) is 23.3 Å². The number of nitrogens with zero attached hydrogens (tertiary/aromatic N) is 6. The summed E-state index contributed by atoms with van der Waals surface area (Å²) < 4.78 is 35.5. The minimum atomic E-state index is -0.751. The molecule has 1 fully saturated rings. The van der Waals surface area contributed by atoms with E-state index in [1.54, 1.807) is 34.1 Å². The second-order valence-electron chi connectivity index (χ2n) is 9.49. The SMILES string of the molecule is O=C(c1cnn2cc(N3CCC(F)CC3)ccc12)N1CCc2[nH]cnc2[C@H]1c1nc2cccc(F)c2o1. The van der Waals surface area contributed by atoms with E-state index in [0.717, 1.165) is 11.4 Å². The second kappa shape index (κ2) is 8.39. The molecule has 0 bridgehead atoms. The fraction of sp³-hybridized carbons (Fsp3) is 0.308. The number of hydrogen-bond acceptors (Lipinski definition) is 6. The van der Waals surface area contributed by atoms with E-state index in [4.69, 9.17) is 4.42 Å². The van der Waals surface area contributed by atoms with Gasteiger partial charge < -0.3 is 19.2 Å². The van der Waals surface area contributed by atoms with E-state index in [2.05, 4.69) is 25.0 Å². The van der Waals surface area contributed by atoms with Crippen LogP contribution in [0.15, 0.2) is 53.5 Å². The number of hydrogen-bond donors (Lipinski definition) is 1. The topological polar surface area (TPSA) is 95.6 Å². The van der Waals surface area contributed by atoms with Crippen LogP contribution in [-0.4, -0.2) is 61.2 Å². The zero-order valence-electron chi connectivity index (χ0n) is 19.8. The van der Waals surface area contributed by atoms with Crippen molar-refractivity contribution in [2.45, 2.75) is 31.5 Å². The minimum Gasteiger partial charge on any atom is -0.435 e. The fourth-order valence-electron chi connectivity index (χ4n) is 5.38. The van der Waals surface area contributed by atoms with E-state index in [1.807, 2.05) is 18.3 Å². The van der Waals surface area contributed by atoms with Gasteiger partial charge in [-0.05, 0) is 37.1 Å². The Labute approximate surface area is 209 Å². The number of aromatic amines is 1. The van der Waals surface area contributed by atoms with Crippen molar-refractivity contribution >= 4 is 28.2 Å². The van der Waals surface area contributed by atoms with Crippen LogP contribution in [0, 0.1) is 5.82 Å². The lowest BCUT2D eigenvalue weighted by molar-refractivity contribution is 0.0669. The van der Waals surface area contributed by atoms with Crippen LogP contribution >= 0.6 is 0 Å². The highest BCUT2D eigenvalue weighted by Gasteiger charge is 2.39. The van der Waals surface area contributed by atoms with Gasteiger partial charge in [-0.1, -0.05) is 6.07 Å². The molecule has 1 N–H and O–H groups in total. The Hall–Kier alpha value is -4.28. The molecule has 5 aromatic rings. The average Bonchev–Trinajstić information content (AvgIpc) is 3.66. The first kappa shape index (κ1) is 22.0. The van der Waals surface area contributed by atoms with Gasteiger partial charge in [0.2, 0.25) is 5.89 Å². The van der Waals surface area contributed by atoms with Gasteiger partial charge in [0.05, 0.1) is 41.2 Å². The first-order valence-corrected chi connectivity index (χ1v) is 12.3. The van der Waals surface area contributed by atoms with Crippen molar-refractivity contribution in [3.63, 3.8) is 0 Å². The highest BCUT2D eigenvalue weighted by molar-refractivity contribution is 6.01. The minimum absolute atomic E-state index is 0.0489. The highest BCUT2D eigenvalue weighted by atomic mass is 19.1. The van der Waals surface area contributed by atoms with Crippen molar-refractivity contribution in [2.75, 3.05) is 24.5 Å². The summed E-state index contributed by atoms with van der Waals surface area (Å²) in [5, 5.41) is 4.44. The van der Waals surface area contributed by atoms with Crippen LogP contribution in [0.25, 0.3) is 16.6 Å². The molecule has 0 unspecified atom stereocenters. The van der Waals surface area contributed by atoms with Gasteiger partial charge in [-0.3, -0.25) is 4.79 Å². The van der Waals surface area contributed by atoms with Gasteiger partial charge in [0.25, 0.3) is 5.91 Å². The van der Waals surface area contributed by atoms with Crippen LogP contribution < -0.4 is 4.90 Å². The van der Waals surface area contributed by atoms with Gasteiger partial charge in [0, 0.05) is 31.7 Å². The number of benzene rings is 1. The van der Waals surface area contributed by atoms with Crippen molar-refractivity contribution in [1.82, 2.24) is 29.5 Å². The van der Waals surface area contributed by atoms with Crippen LogP contribution in [0.5, 0.6) is 0 Å². The van der Waals surface area contributed by atoms with Gasteiger partial charge in [-0.15, -0.1) is 0 Å². The molecule has 37 heavy (non-hydrogen) atoms. The van der Waals surface area contributed by atoms with Crippen LogP contribution in [0.1, 0.15) is 46.5 Å². The number of H-pyrrole nitrogens is 1. The van der Waals surface area contributed by atoms with Crippen LogP contribution in [-0.2, 0) is 6.42 Å². The number of carbonyl (C=O) groups excluding carboxylic acids is 1. The molecule has 1 saturated heterocycles. The number of halogens is 2. The number of amides is 1. The van der Waals surface area contributed by atoms with E-state index in [1.165, 1.54) is 6.07 Å². The lowest BCUT2D eigenvalue weighted by Gasteiger charge is -2.32. The highest BCUT2D eigenvalue weighted by Crippen LogP contribution is 2.36. The van der Waals surface area contributed by atoms with Crippen LogP contribution in [0.2, 0.25) is 0 Å². The Bertz CT molecular complexity index is 1630. The van der Waals surface area contributed by atoms with E-state index >= 15 is 0 Å². The number of nitrogens with one attached hydrogen (secondary N) is 1. The summed E-state index contributed by atoms with van der Waals surface area (Å²) in [5.41, 5.74) is 3.97. The Balaban J connectivity index is 1.26. The van der Waals surface area contributed by atoms with Crippen molar-refractivity contribution in [1.29, 1.82) is 0 Å². The fourth-order valence-corrected chi connectivity index (χ4v) is 5.38. The molecular weight excluding hydrogens is 480 g/mol. The number of imidazole rings is 1. The van der Waals surface area contributed by atoms with Crippen LogP contribution in [0.4, 0.5) is 14.5 Å². The Morgan fingerprint density at radius 2 is 2.00 bits per heavy atom. The molecule has 4 aromatic heterocycles. The molecular formula is C26H23F2N7O2. The maximum absolute atomic E-state index is 14.4. The first-order valence-electron chi connectivity index (χ1n) is 12.3.